The molecule has 0 unspecified atom stereocenters. The lowest BCUT2D eigenvalue weighted by Gasteiger charge is -2.37. The van der Waals surface area contributed by atoms with Crippen molar-refractivity contribution < 1.29 is 0 Å². The predicted molar refractivity (Wildman–Crippen MR) is 64.0 cm³/mol. The quantitative estimate of drug-likeness (QED) is 0.672. The van der Waals surface area contributed by atoms with Crippen molar-refractivity contribution in [1.29, 1.82) is 5.39 Å². The zero-order valence-electron chi connectivity index (χ0n) is 9.94. The minimum Gasteiger partial charge on any atom is -0.352 e. The van der Waals surface area contributed by atoms with E-state index < -0.39 is 0 Å². The molecule has 0 spiro atoms. The smallest absolute Gasteiger partial charge is 0.352 e. The van der Waals surface area contributed by atoms with Gasteiger partial charge in [0.2, 0.25) is 5.39 Å². The highest BCUT2D eigenvalue weighted by Crippen LogP contribution is 2.21. The molecule has 2 heterocycles. The SMILES string of the molecule is N#[N+]C=C(N1CCCCC1)N1CCCCC1. The van der Waals surface area contributed by atoms with Crippen LogP contribution in [0.2, 0.25) is 0 Å². The molecule has 0 radical (unpaired) electrons. The molecular weight excluding hydrogens is 200 g/mol. The molecular formula is C12H21N4+. The van der Waals surface area contributed by atoms with E-state index in [0.717, 1.165) is 32.0 Å². The van der Waals surface area contributed by atoms with Gasteiger partial charge in [0.25, 0.3) is 0 Å². The van der Waals surface area contributed by atoms with Crippen LogP contribution in [0.3, 0.4) is 0 Å². The fourth-order valence-electron chi connectivity index (χ4n) is 2.66. The summed E-state index contributed by atoms with van der Waals surface area (Å²) in [5.74, 6) is 1.13. The Morgan fingerprint density at radius 2 is 1.25 bits per heavy atom. The van der Waals surface area contributed by atoms with E-state index in [9.17, 15) is 0 Å². The van der Waals surface area contributed by atoms with Crippen LogP contribution in [0.1, 0.15) is 38.5 Å². The first kappa shape index (κ1) is 11.3. The number of hydrogen-bond donors (Lipinski definition) is 0. The van der Waals surface area contributed by atoms with Gasteiger partial charge in [-0.1, -0.05) is 0 Å². The van der Waals surface area contributed by atoms with E-state index in [0.29, 0.717) is 0 Å². The van der Waals surface area contributed by atoms with Gasteiger partial charge in [-0.3, -0.25) is 0 Å². The molecule has 0 amide bonds. The average Bonchev–Trinajstić information content (AvgIpc) is 2.38. The first-order chi connectivity index (χ1) is 7.92. The summed E-state index contributed by atoms with van der Waals surface area (Å²) < 4.78 is 0. The monoisotopic (exact) mass is 221 g/mol. The third-order valence-electron chi connectivity index (χ3n) is 3.53. The fourth-order valence-corrected chi connectivity index (χ4v) is 2.66. The normalized spacial score (nSPS) is 21.4. The first-order valence-corrected chi connectivity index (χ1v) is 6.46. The fraction of sp³-hybridized carbons (Fsp3) is 0.833. The second-order valence-corrected chi connectivity index (χ2v) is 4.70. The maximum absolute atomic E-state index is 8.79. The van der Waals surface area contributed by atoms with Crippen molar-refractivity contribution in [1.82, 2.24) is 9.80 Å². The van der Waals surface area contributed by atoms with Gasteiger partial charge in [0.05, 0.1) is 0 Å². The van der Waals surface area contributed by atoms with Crippen molar-refractivity contribution in [3.63, 3.8) is 0 Å². The van der Waals surface area contributed by atoms with Gasteiger partial charge in [-0.2, -0.15) is 0 Å². The zero-order valence-corrected chi connectivity index (χ0v) is 9.94. The second kappa shape index (κ2) is 5.74. The minimum absolute atomic E-state index is 1.11. The molecule has 0 aliphatic carbocycles. The maximum atomic E-state index is 8.79. The van der Waals surface area contributed by atoms with Gasteiger partial charge in [0, 0.05) is 26.2 Å². The van der Waals surface area contributed by atoms with Crippen LogP contribution >= 0.6 is 0 Å². The Balaban J connectivity index is 2.03. The van der Waals surface area contributed by atoms with Crippen molar-refractivity contribution in [3.8, 4) is 0 Å². The van der Waals surface area contributed by atoms with E-state index in [1.807, 2.05) is 0 Å². The Hall–Kier alpha value is -1.24. The highest BCUT2D eigenvalue weighted by molar-refractivity contribution is 5.05. The molecule has 2 rings (SSSR count). The number of hydrogen-bond acceptors (Lipinski definition) is 3. The topological polar surface area (TPSA) is 34.6 Å². The highest BCUT2D eigenvalue weighted by atomic mass is 15.3. The third kappa shape index (κ3) is 2.66. The van der Waals surface area contributed by atoms with Crippen LogP contribution in [0.5, 0.6) is 0 Å². The molecule has 0 aromatic heterocycles. The van der Waals surface area contributed by atoms with Crippen LogP contribution in [-0.2, 0) is 0 Å². The third-order valence-corrected chi connectivity index (χ3v) is 3.53. The summed E-state index contributed by atoms with van der Waals surface area (Å²) in [4.78, 5) is 7.98. The van der Waals surface area contributed by atoms with Crippen molar-refractivity contribution in [2.45, 2.75) is 38.5 Å². The zero-order chi connectivity index (χ0) is 11.2. The van der Waals surface area contributed by atoms with E-state index in [-0.39, 0.29) is 0 Å². The van der Waals surface area contributed by atoms with Crippen molar-refractivity contribution in [2.75, 3.05) is 26.2 Å². The summed E-state index contributed by atoms with van der Waals surface area (Å²) in [6.07, 6.45) is 9.33. The molecule has 16 heavy (non-hydrogen) atoms. The van der Waals surface area contributed by atoms with E-state index in [4.69, 9.17) is 5.39 Å². The Morgan fingerprint density at radius 3 is 1.62 bits per heavy atom. The highest BCUT2D eigenvalue weighted by Gasteiger charge is 2.23. The summed E-state index contributed by atoms with van der Waals surface area (Å²) in [7, 11) is 0. The number of likely N-dealkylation sites (tertiary alicyclic amines) is 2. The second-order valence-electron chi connectivity index (χ2n) is 4.70. The minimum atomic E-state index is 1.11. The number of piperidine rings is 2. The molecule has 0 aromatic rings. The lowest BCUT2D eigenvalue weighted by Crippen LogP contribution is -2.40. The van der Waals surface area contributed by atoms with Gasteiger partial charge < -0.3 is 9.80 Å². The molecule has 2 aliphatic rings. The summed E-state index contributed by atoms with van der Waals surface area (Å²) in [5.41, 5.74) is 0. The van der Waals surface area contributed by atoms with Gasteiger partial charge in [0.15, 0.2) is 10.8 Å². The number of nitrogens with zero attached hydrogens (tertiary/aromatic N) is 4. The predicted octanol–water partition coefficient (Wildman–Crippen LogP) is 2.61. The van der Waals surface area contributed by atoms with Crippen LogP contribution in [0.15, 0.2) is 12.0 Å². The van der Waals surface area contributed by atoms with Gasteiger partial charge in [-0.05, 0) is 38.5 Å². The molecule has 0 atom stereocenters. The van der Waals surface area contributed by atoms with Crippen LogP contribution in [0.4, 0.5) is 0 Å². The van der Waals surface area contributed by atoms with Crippen LogP contribution in [-0.4, -0.2) is 36.0 Å². The molecule has 4 nitrogen and oxygen atoms in total. The number of rotatable bonds is 2. The molecule has 2 saturated heterocycles. The average molecular weight is 221 g/mol. The first-order valence-electron chi connectivity index (χ1n) is 6.46. The molecule has 0 N–H and O–H groups in total. The van der Waals surface area contributed by atoms with Crippen molar-refractivity contribution >= 4 is 0 Å². The lowest BCUT2D eigenvalue weighted by atomic mass is 10.1. The summed E-state index contributed by atoms with van der Waals surface area (Å²) in [5, 5.41) is 8.79. The molecule has 0 bridgehead atoms. The summed E-state index contributed by atoms with van der Waals surface area (Å²) in [6, 6.07) is 0. The molecule has 4 heteroatoms. The van der Waals surface area contributed by atoms with Crippen LogP contribution < -0.4 is 0 Å². The molecule has 0 aromatic carbocycles. The Morgan fingerprint density at radius 1 is 0.812 bits per heavy atom. The summed E-state index contributed by atoms with van der Waals surface area (Å²) in [6.45, 7) is 4.44. The van der Waals surface area contributed by atoms with Gasteiger partial charge >= 0.3 is 6.20 Å². The van der Waals surface area contributed by atoms with Crippen LogP contribution in [0.25, 0.3) is 4.98 Å². The van der Waals surface area contributed by atoms with E-state index in [2.05, 4.69) is 14.8 Å². The molecule has 2 aliphatic heterocycles. The Bertz CT molecular complexity index is 260. The Kier molecular flexibility index (Phi) is 4.03. The Labute approximate surface area is 97.5 Å². The van der Waals surface area contributed by atoms with Crippen LogP contribution in [0, 0.1) is 5.39 Å². The largest absolute Gasteiger partial charge is 0.390 e. The van der Waals surface area contributed by atoms with Gasteiger partial charge in [-0.15, -0.1) is 0 Å². The lowest BCUT2D eigenvalue weighted by molar-refractivity contribution is 0.166. The van der Waals surface area contributed by atoms with E-state index in [1.165, 1.54) is 38.5 Å². The van der Waals surface area contributed by atoms with Gasteiger partial charge in [-0.25, -0.2) is 0 Å². The van der Waals surface area contributed by atoms with E-state index in [1.54, 1.807) is 6.20 Å². The number of diazo groups is 1. The molecule has 0 saturated carbocycles. The van der Waals surface area contributed by atoms with Crippen molar-refractivity contribution in [2.24, 2.45) is 0 Å². The standard InChI is InChI=1S/C12H21N4/c13-14-11-12(15-7-3-1-4-8-15)16-9-5-2-6-10-16/h11H,1-10H2/q+1. The van der Waals surface area contributed by atoms with Crippen molar-refractivity contribution in [3.05, 3.63) is 17.0 Å². The molecule has 2 fully saturated rings. The molecule has 88 valence electrons. The van der Waals surface area contributed by atoms with E-state index >= 15 is 0 Å². The maximum Gasteiger partial charge on any atom is 0.390 e. The van der Waals surface area contributed by atoms with Gasteiger partial charge in [0.1, 0.15) is 0 Å². The summed E-state index contributed by atoms with van der Waals surface area (Å²) >= 11 is 0.